The van der Waals surface area contributed by atoms with Crippen molar-refractivity contribution < 1.29 is 18.0 Å². The van der Waals surface area contributed by atoms with Gasteiger partial charge in [0.05, 0.1) is 11.9 Å². The number of benzene rings is 3. The van der Waals surface area contributed by atoms with E-state index in [0.717, 1.165) is 23.8 Å². The third-order valence-electron chi connectivity index (χ3n) is 6.28. The average Bonchev–Trinajstić information content (AvgIpc) is 2.93. The molecule has 3 aromatic carbocycles. The van der Waals surface area contributed by atoms with Gasteiger partial charge in [0.25, 0.3) is 0 Å². The maximum absolute atomic E-state index is 13.7. The van der Waals surface area contributed by atoms with Gasteiger partial charge in [0.15, 0.2) is 0 Å². The average molecular weight is 570 g/mol. The lowest BCUT2D eigenvalue weighted by molar-refractivity contribution is -0.141. The van der Waals surface area contributed by atoms with E-state index in [2.05, 4.69) is 5.32 Å². The van der Waals surface area contributed by atoms with E-state index in [9.17, 15) is 18.0 Å². The highest BCUT2D eigenvalue weighted by molar-refractivity contribution is 7.92. The van der Waals surface area contributed by atoms with E-state index in [1.807, 2.05) is 55.5 Å². The minimum atomic E-state index is -3.54. The molecule has 1 atom stereocenters. The minimum Gasteiger partial charge on any atom is -0.354 e. The number of amides is 2. The molecule has 0 aliphatic carbocycles. The van der Waals surface area contributed by atoms with Crippen LogP contribution in [0.5, 0.6) is 0 Å². The van der Waals surface area contributed by atoms with E-state index in [0.29, 0.717) is 30.1 Å². The first kappa shape index (κ1) is 30.2. The molecule has 39 heavy (non-hydrogen) atoms. The van der Waals surface area contributed by atoms with E-state index in [1.54, 1.807) is 41.3 Å². The normalized spacial score (nSPS) is 12.0. The molecule has 9 heteroatoms. The van der Waals surface area contributed by atoms with Crippen LogP contribution in [0.15, 0.2) is 84.9 Å². The van der Waals surface area contributed by atoms with E-state index >= 15 is 0 Å². The summed E-state index contributed by atoms with van der Waals surface area (Å²) in [7, 11) is -3.54. The van der Waals surface area contributed by atoms with E-state index in [1.165, 1.54) is 4.31 Å². The molecule has 0 fully saturated rings. The van der Waals surface area contributed by atoms with Crippen molar-refractivity contribution in [1.82, 2.24) is 10.2 Å². The predicted octanol–water partition coefficient (Wildman–Crippen LogP) is 5.05. The number of carbonyl (C=O) groups is 2. The molecule has 0 saturated heterocycles. The number of carbonyl (C=O) groups excluding carboxylic acids is 2. The summed E-state index contributed by atoms with van der Waals surface area (Å²) in [5.74, 6) is -0.441. The second-order valence-electron chi connectivity index (χ2n) is 9.42. The first-order chi connectivity index (χ1) is 18.7. The zero-order valence-electron chi connectivity index (χ0n) is 22.4. The molecule has 0 spiro atoms. The van der Waals surface area contributed by atoms with Gasteiger partial charge in [0, 0.05) is 37.5 Å². The number of nitrogens with one attached hydrogen (secondary N) is 1. The number of hydrogen-bond donors (Lipinski definition) is 1. The van der Waals surface area contributed by atoms with E-state index < -0.39 is 16.1 Å². The van der Waals surface area contributed by atoms with Gasteiger partial charge in [-0.1, -0.05) is 79.2 Å². The van der Waals surface area contributed by atoms with Crippen LogP contribution in [0.4, 0.5) is 5.69 Å². The standard InChI is InChI=1S/C30H36ClN3O4S/c1-3-20-32-30(36)28(22-24-11-6-4-7-12-24)33(23-25-16-18-26(31)19-17-25)29(35)15-10-21-34(39(2,37)38)27-13-8-5-9-14-27/h4-9,11-14,16-19,28H,3,10,15,20-23H2,1-2H3,(H,32,36). The van der Waals surface area contributed by atoms with Crippen LogP contribution in [0, 0.1) is 0 Å². The number of anilines is 1. The van der Waals surface area contributed by atoms with Crippen molar-refractivity contribution >= 4 is 39.1 Å². The van der Waals surface area contributed by atoms with Crippen molar-refractivity contribution in [2.24, 2.45) is 0 Å². The van der Waals surface area contributed by atoms with Gasteiger partial charge >= 0.3 is 0 Å². The Bertz CT molecular complexity index is 1300. The maximum Gasteiger partial charge on any atom is 0.243 e. The number of para-hydroxylation sites is 1. The Morgan fingerprint density at radius 2 is 1.51 bits per heavy atom. The minimum absolute atomic E-state index is 0.0821. The molecule has 7 nitrogen and oxygen atoms in total. The van der Waals surface area contributed by atoms with Crippen LogP contribution in [-0.2, 0) is 32.6 Å². The molecule has 2 amide bonds. The maximum atomic E-state index is 13.7. The number of sulfonamides is 1. The van der Waals surface area contributed by atoms with Crippen molar-refractivity contribution in [2.75, 3.05) is 23.7 Å². The van der Waals surface area contributed by atoms with Gasteiger partial charge in [-0.25, -0.2) is 8.42 Å². The molecule has 0 aliphatic heterocycles. The predicted molar refractivity (Wildman–Crippen MR) is 157 cm³/mol. The van der Waals surface area contributed by atoms with Crippen LogP contribution in [0.25, 0.3) is 0 Å². The fourth-order valence-electron chi connectivity index (χ4n) is 4.30. The summed E-state index contributed by atoms with van der Waals surface area (Å²) in [6, 6.07) is 24.9. The fourth-order valence-corrected chi connectivity index (χ4v) is 5.40. The highest BCUT2D eigenvalue weighted by Crippen LogP contribution is 2.20. The molecule has 0 bridgehead atoms. The summed E-state index contributed by atoms with van der Waals surface area (Å²) < 4.78 is 26.3. The zero-order chi connectivity index (χ0) is 28.3. The number of rotatable bonds is 14. The highest BCUT2D eigenvalue weighted by atomic mass is 35.5. The van der Waals surface area contributed by atoms with Crippen LogP contribution in [0.2, 0.25) is 5.02 Å². The van der Waals surface area contributed by atoms with Gasteiger partial charge in [-0.15, -0.1) is 0 Å². The van der Waals surface area contributed by atoms with Gasteiger partial charge in [-0.05, 0) is 48.2 Å². The fraction of sp³-hybridized carbons (Fsp3) is 0.333. The molecule has 0 saturated carbocycles. The second-order valence-corrected chi connectivity index (χ2v) is 11.8. The molecule has 3 rings (SSSR count). The quantitative estimate of drug-likeness (QED) is 0.294. The summed E-state index contributed by atoms with van der Waals surface area (Å²) in [5.41, 5.74) is 2.33. The molecular formula is C30H36ClN3O4S. The van der Waals surface area contributed by atoms with Gasteiger partial charge in [0.2, 0.25) is 21.8 Å². The van der Waals surface area contributed by atoms with Gasteiger partial charge < -0.3 is 10.2 Å². The van der Waals surface area contributed by atoms with Crippen LogP contribution < -0.4 is 9.62 Å². The smallest absolute Gasteiger partial charge is 0.243 e. The summed E-state index contributed by atoms with van der Waals surface area (Å²) in [5, 5.41) is 3.54. The first-order valence-electron chi connectivity index (χ1n) is 13.1. The van der Waals surface area contributed by atoms with Crippen molar-refractivity contribution in [3.05, 3.63) is 101 Å². The van der Waals surface area contributed by atoms with Crippen molar-refractivity contribution in [2.45, 2.75) is 45.2 Å². The number of halogens is 1. The third-order valence-corrected chi connectivity index (χ3v) is 7.73. The first-order valence-corrected chi connectivity index (χ1v) is 15.3. The molecule has 1 N–H and O–H groups in total. The largest absolute Gasteiger partial charge is 0.354 e. The zero-order valence-corrected chi connectivity index (χ0v) is 24.0. The topological polar surface area (TPSA) is 86.8 Å². The van der Waals surface area contributed by atoms with Crippen molar-refractivity contribution in [1.29, 1.82) is 0 Å². The lowest BCUT2D eigenvalue weighted by Gasteiger charge is -2.32. The van der Waals surface area contributed by atoms with Gasteiger partial charge in [-0.3, -0.25) is 13.9 Å². The van der Waals surface area contributed by atoms with Crippen LogP contribution in [-0.4, -0.2) is 50.5 Å². The summed E-state index contributed by atoms with van der Waals surface area (Å²) in [4.78, 5) is 28.7. The molecule has 0 radical (unpaired) electrons. The molecule has 0 heterocycles. The van der Waals surface area contributed by atoms with Crippen LogP contribution in [0.1, 0.15) is 37.3 Å². The number of hydrogen-bond acceptors (Lipinski definition) is 4. The van der Waals surface area contributed by atoms with Gasteiger partial charge in [-0.2, -0.15) is 0 Å². The third kappa shape index (κ3) is 9.41. The molecule has 0 aromatic heterocycles. The number of nitrogens with zero attached hydrogens (tertiary/aromatic N) is 2. The Kier molecular flexibility index (Phi) is 11.4. The Labute approximate surface area is 236 Å². The van der Waals surface area contributed by atoms with Crippen LogP contribution in [0.3, 0.4) is 0 Å². The van der Waals surface area contributed by atoms with Crippen LogP contribution >= 0.6 is 11.6 Å². The van der Waals surface area contributed by atoms with E-state index in [-0.39, 0.29) is 31.3 Å². The SMILES string of the molecule is CCCNC(=O)C(Cc1ccccc1)N(Cc1ccc(Cl)cc1)C(=O)CCCN(c1ccccc1)S(C)(=O)=O. The Morgan fingerprint density at radius 3 is 2.10 bits per heavy atom. The molecule has 208 valence electrons. The van der Waals surface area contributed by atoms with Gasteiger partial charge in [0.1, 0.15) is 6.04 Å². The second kappa shape index (κ2) is 14.7. The van der Waals surface area contributed by atoms with Crippen molar-refractivity contribution in [3.8, 4) is 0 Å². The summed E-state index contributed by atoms with van der Waals surface area (Å²) in [6.45, 7) is 2.85. The molecule has 1 unspecified atom stereocenters. The molecular weight excluding hydrogens is 534 g/mol. The van der Waals surface area contributed by atoms with E-state index in [4.69, 9.17) is 11.6 Å². The lowest BCUT2D eigenvalue weighted by Crippen LogP contribution is -2.50. The Hall–Kier alpha value is -3.36. The summed E-state index contributed by atoms with van der Waals surface area (Å²) in [6.07, 6.45) is 2.67. The Balaban J connectivity index is 1.85. The lowest BCUT2D eigenvalue weighted by atomic mass is 10.0. The molecule has 3 aromatic rings. The monoisotopic (exact) mass is 569 g/mol. The Morgan fingerprint density at radius 1 is 0.897 bits per heavy atom. The molecule has 0 aliphatic rings. The van der Waals surface area contributed by atoms with Crippen molar-refractivity contribution in [3.63, 3.8) is 0 Å². The highest BCUT2D eigenvalue weighted by Gasteiger charge is 2.30. The summed E-state index contributed by atoms with van der Waals surface area (Å²) >= 11 is 6.08.